The van der Waals surface area contributed by atoms with Gasteiger partial charge in [-0.25, -0.2) is 0 Å². The summed E-state index contributed by atoms with van der Waals surface area (Å²) in [7, 11) is 0. The largest absolute Gasteiger partial charge is 0.396 e. The third-order valence-corrected chi connectivity index (χ3v) is 14.7. The van der Waals surface area contributed by atoms with Crippen molar-refractivity contribution >= 4 is 11.5 Å². The van der Waals surface area contributed by atoms with Gasteiger partial charge < -0.3 is 40.5 Å². The number of hydrogen-bond donors (Lipinski definition) is 7. The number of aliphatic hydroxyl groups excluding tert-OH is 5. The number of nitrogens with zero attached hydrogens (tertiary/aromatic N) is 1. The normalized spacial score (nSPS) is 47.7. The molecule has 5 aliphatic rings. The molecule has 0 aromatic rings. The topological polar surface area (TPSA) is 180 Å². The molecular weight excluding hydrogens is 614 g/mol. The molecule has 16 atom stereocenters. The molecule has 0 aromatic heterocycles. The first-order valence-corrected chi connectivity index (χ1v) is 19.0. The van der Waals surface area contributed by atoms with E-state index in [-0.39, 0.29) is 55.7 Å². The summed E-state index contributed by atoms with van der Waals surface area (Å²) in [5.74, 6) is -2.67. The van der Waals surface area contributed by atoms with Gasteiger partial charge in [0.25, 0.3) is 0 Å². The van der Waals surface area contributed by atoms with Crippen molar-refractivity contribution < 1.29 is 45.3 Å². The van der Waals surface area contributed by atoms with Crippen LogP contribution in [0.15, 0.2) is 4.99 Å². The fourth-order valence-corrected chi connectivity index (χ4v) is 11.9. The van der Waals surface area contributed by atoms with E-state index in [4.69, 9.17) is 9.73 Å². The predicted molar refractivity (Wildman–Crippen MR) is 182 cm³/mol. The van der Waals surface area contributed by atoms with E-state index >= 15 is 0 Å². The highest BCUT2D eigenvalue weighted by Crippen LogP contribution is 2.70. The zero-order valence-electron chi connectivity index (χ0n) is 30.2. The summed E-state index contributed by atoms with van der Waals surface area (Å²) in [6, 6.07) is 0. The maximum absolute atomic E-state index is 14.5. The number of ether oxygens (including phenoxy) is 1. The van der Waals surface area contributed by atoms with E-state index in [1.807, 2.05) is 13.8 Å². The molecule has 7 N–H and O–H groups in total. The van der Waals surface area contributed by atoms with E-state index in [2.05, 4.69) is 13.8 Å². The molecule has 10 nitrogen and oxygen atoms in total. The maximum atomic E-state index is 14.5. The zero-order valence-corrected chi connectivity index (χ0v) is 30.2. The minimum absolute atomic E-state index is 0.0118. The molecule has 276 valence electrons. The van der Waals surface area contributed by atoms with Crippen LogP contribution in [0.2, 0.25) is 0 Å². The highest BCUT2D eigenvalue weighted by Gasteiger charge is 2.74. The lowest BCUT2D eigenvalue weighted by Gasteiger charge is -2.66. The summed E-state index contributed by atoms with van der Waals surface area (Å²) in [6.45, 7) is 11.9. The van der Waals surface area contributed by atoms with Gasteiger partial charge in [0, 0.05) is 23.9 Å². The monoisotopic (exact) mass is 679 g/mol. The lowest BCUT2D eigenvalue weighted by atomic mass is 9.39. The Morgan fingerprint density at radius 2 is 1.79 bits per heavy atom. The first kappa shape index (κ1) is 38.3. The van der Waals surface area contributed by atoms with Crippen molar-refractivity contribution in [1.29, 1.82) is 0 Å². The molecule has 0 aromatic carbocycles. The van der Waals surface area contributed by atoms with E-state index in [9.17, 15) is 40.5 Å². The third kappa shape index (κ3) is 5.96. The summed E-state index contributed by atoms with van der Waals surface area (Å²) >= 11 is 0. The Kier molecular flexibility index (Phi) is 11.3. The number of fused-ring (bicyclic) bond motifs is 5. The molecular formula is C38H65NO9. The molecule has 0 spiro atoms. The molecule has 10 heteroatoms. The number of carbonyl (C=O) groups is 1. The molecule has 4 saturated carbocycles. The van der Waals surface area contributed by atoms with Crippen molar-refractivity contribution in [3.63, 3.8) is 0 Å². The van der Waals surface area contributed by atoms with Crippen LogP contribution in [0.3, 0.4) is 0 Å². The van der Waals surface area contributed by atoms with E-state index in [1.165, 1.54) is 19.3 Å². The Hall–Kier alpha value is -0.980. The van der Waals surface area contributed by atoms with Gasteiger partial charge in [0.1, 0.15) is 6.10 Å². The molecule has 1 heterocycles. The minimum atomic E-state index is -1.59. The van der Waals surface area contributed by atoms with Gasteiger partial charge in [0.15, 0.2) is 5.78 Å². The van der Waals surface area contributed by atoms with Crippen molar-refractivity contribution in [3.05, 3.63) is 0 Å². The van der Waals surface area contributed by atoms with Crippen LogP contribution in [0.4, 0.5) is 0 Å². The third-order valence-electron chi connectivity index (χ3n) is 14.7. The van der Waals surface area contributed by atoms with Crippen LogP contribution >= 0.6 is 0 Å². The van der Waals surface area contributed by atoms with Crippen LogP contribution in [0.5, 0.6) is 0 Å². The first-order valence-electron chi connectivity index (χ1n) is 19.0. The molecule has 0 amide bonds. The number of aliphatic imine (C=N–C) groups is 1. The molecule has 1 aliphatic heterocycles. The lowest BCUT2D eigenvalue weighted by Crippen LogP contribution is -2.72. The standard InChI is InChI=1S/C38H65NO9/c1-7-8-9-10-11-23-20-48-33(22(23)3)34(45)37(6,46)28-13-16-38(47)29-24(12-15-35(28,38)4)36(5)25(14-17-40)31(43)27(42)18-26(36)32(44)30(29)39-19-21(2)41/h21-29,31,33-34,40-43,45-47H,7-20H2,1-6H3. The molecule has 5 fully saturated rings. The number of rotatable bonds is 12. The summed E-state index contributed by atoms with van der Waals surface area (Å²) in [5.41, 5.74) is -4.56. The number of hydrogen-bond acceptors (Lipinski definition) is 10. The fourth-order valence-electron chi connectivity index (χ4n) is 11.9. The Morgan fingerprint density at radius 1 is 1.08 bits per heavy atom. The van der Waals surface area contributed by atoms with Crippen LogP contribution in [-0.2, 0) is 9.53 Å². The van der Waals surface area contributed by atoms with Gasteiger partial charge in [-0.05, 0) is 93.8 Å². The first-order chi connectivity index (χ1) is 22.5. The Balaban J connectivity index is 1.49. The average Bonchev–Trinajstić information content (AvgIpc) is 3.54. The fraction of sp³-hybridized carbons (Fsp3) is 0.947. The summed E-state index contributed by atoms with van der Waals surface area (Å²) in [4.78, 5) is 19.2. The number of carbonyl (C=O) groups excluding carboxylic acids is 1. The van der Waals surface area contributed by atoms with Crippen molar-refractivity contribution in [2.45, 2.75) is 154 Å². The molecule has 16 unspecified atom stereocenters. The number of Topliss-reactive ketones (excluding diaryl/α,β-unsaturated/α-hetero) is 1. The van der Waals surface area contributed by atoms with E-state index < -0.39 is 76.2 Å². The van der Waals surface area contributed by atoms with Crippen molar-refractivity contribution in [3.8, 4) is 0 Å². The minimum Gasteiger partial charge on any atom is -0.396 e. The van der Waals surface area contributed by atoms with Gasteiger partial charge in [-0.15, -0.1) is 0 Å². The Morgan fingerprint density at radius 3 is 2.44 bits per heavy atom. The second kappa shape index (κ2) is 14.2. The van der Waals surface area contributed by atoms with E-state index in [0.717, 1.165) is 12.8 Å². The van der Waals surface area contributed by atoms with Gasteiger partial charge in [0.05, 0.1) is 54.5 Å². The van der Waals surface area contributed by atoms with E-state index in [0.29, 0.717) is 31.8 Å². The number of ketones is 1. The molecule has 48 heavy (non-hydrogen) atoms. The van der Waals surface area contributed by atoms with Gasteiger partial charge in [-0.1, -0.05) is 53.4 Å². The van der Waals surface area contributed by atoms with Crippen LogP contribution in [0.25, 0.3) is 0 Å². The summed E-state index contributed by atoms with van der Waals surface area (Å²) < 4.78 is 6.21. The number of aliphatic hydroxyl groups is 7. The smallest absolute Gasteiger partial charge is 0.180 e. The van der Waals surface area contributed by atoms with E-state index in [1.54, 1.807) is 13.8 Å². The average molecular weight is 680 g/mol. The van der Waals surface area contributed by atoms with Gasteiger partial charge in [0.2, 0.25) is 0 Å². The quantitative estimate of drug-likeness (QED) is 0.153. The molecule has 5 rings (SSSR count). The van der Waals surface area contributed by atoms with Gasteiger partial charge in [-0.3, -0.25) is 9.79 Å². The van der Waals surface area contributed by atoms with Crippen LogP contribution in [-0.4, -0.2) is 109 Å². The molecule has 4 aliphatic carbocycles. The van der Waals surface area contributed by atoms with Crippen LogP contribution in [0.1, 0.15) is 112 Å². The highest BCUT2D eigenvalue weighted by atomic mass is 16.5. The Labute approximate surface area is 287 Å². The van der Waals surface area contributed by atoms with Crippen molar-refractivity contribution in [1.82, 2.24) is 0 Å². The molecule has 0 radical (unpaired) electrons. The molecule has 0 bridgehead atoms. The predicted octanol–water partition coefficient (Wildman–Crippen LogP) is 3.04. The molecule has 1 saturated heterocycles. The SMILES string of the molecule is CCCCCCC1COC(C(O)C(C)(O)C2CCC3(O)C4C(=NCC(C)O)C(=O)C5CC(O)C(O)C(CCO)C5(C)C4CCC23C)C1C. The maximum Gasteiger partial charge on any atom is 0.180 e. The summed E-state index contributed by atoms with van der Waals surface area (Å²) in [6.07, 6.45) is 3.03. The lowest BCUT2D eigenvalue weighted by molar-refractivity contribution is -0.231. The van der Waals surface area contributed by atoms with Gasteiger partial charge in [-0.2, -0.15) is 0 Å². The number of unbranched alkanes of at least 4 members (excludes halogenated alkanes) is 3. The summed E-state index contributed by atoms with van der Waals surface area (Å²) in [5, 5.41) is 79.7. The highest BCUT2D eigenvalue weighted by molar-refractivity contribution is 6.42. The second-order valence-electron chi connectivity index (χ2n) is 17.3. The Bertz CT molecular complexity index is 1180. The van der Waals surface area contributed by atoms with Crippen LogP contribution < -0.4 is 0 Å². The van der Waals surface area contributed by atoms with Gasteiger partial charge >= 0.3 is 0 Å². The van der Waals surface area contributed by atoms with Crippen molar-refractivity contribution in [2.24, 2.45) is 57.2 Å². The van der Waals surface area contributed by atoms with Crippen LogP contribution in [0, 0.1) is 52.3 Å². The zero-order chi connectivity index (χ0) is 35.4. The van der Waals surface area contributed by atoms with Crippen molar-refractivity contribution in [2.75, 3.05) is 19.8 Å². The second-order valence-corrected chi connectivity index (χ2v) is 17.3.